The number of thioether (sulfide) groups is 1. The molecule has 2 N–H and O–H groups in total. The molecule has 1 aromatic carbocycles. The van der Waals surface area contributed by atoms with Gasteiger partial charge in [-0.15, -0.1) is 11.8 Å². The molecule has 0 bridgehead atoms. The molecule has 0 spiro atoms. The van der Waals surface area contributed by atoms with E-state index < -0.39 is 15.7 Å². The summed E-state index contributed by atoms with van der Waals surface area (Å²) in [5.74, 6) is -0.573. The predicted octanol–water partition coefficient (Wildman–Crippen LogP) is 2.01. The fraction of sp³-hybridized carbons (Fsp3) is 0.455. The van der Waals surface area contributed by atoms with Crippen molar-refractivity contribution in [1.82, 2.24) is 0 Å². The normalized spacial score (nSPS) is 13.7. The summed E-state index contributed by atoms with van der Waals surface area (Å²) in [6.07, 6.45) is 2.73. The molecule has 1 atom stereocenters. The Balaban J connectivity index is 3.50. The van der Waals surface area contributed by atoms with Crippen LogP contribution in [0.3, 0.4) is 0 Å². The van der Waals surface area contributed by atoms with E-state index in [1.807, 2.05) is 6.92 Å². The molecule has 0 aliphatic heterocycles. The SMILES string of the molecule is CSc1c(F)cc(C(C)CN)cc1S(C)(=O)=O. The Labute approximate surface area is 106 Å². The van der Waals surface area contributed by atoms with E-state index in [0.29, 0.717) is 12.1 Å². The summed E-state index contributed by atoms with van der Waals surface area (Å²) in [4.78, 5) is 0.209. The minimum atomic E-state index is -3.43. The van der Waals surface area contributed by atoms with Gasteiger partial charge in [-0.05, 0) is 36.4 Å². The van der Waals surface area contributed by atoms with E-state index >= 15 is 0 Å². The quantitative estimate of drug-likeness (QED) is 0.855. The summed E-state index contributed by atoms with van der Waals surface area (Å²) in [5, 5.41) is 0. The van der Waals surface area contributed by atoms with Gasteiger partial charge in [0.1, 0.15) is 5.82 Å². The first kappa shape index (κ1) is 14.5. The van der Waals surface area contributed by atoms with Crippen LogP contribution in [-0.4, -0.2) is 27.5 Å². The fourth-order valence-electron chi connectivity index (χ4n) is 1.48. The Morgan fingerprint density at radius 1 is 1.47 bits per heavy atom. The Morgan fingerprint density at radius 3 is 2.47 bits per heavy atom. The molecule has 1 rings (SSSR count). The van der Waals surface area contributed by atoms with E-state index in [2.05, 4.69) is 0 Å². The van der Waals surface area contributed by atoms with E-state index in [0.717, 1.165) is 18.0 Å². The van der Waals surface area contributed by atoms with Gasteiger partial charge in [-0.2, -0.15) is 0 Å². The molecule has 1 unspecified atom stereocenters. The van der Waals surface area contributed by atoms with Crippen LogP contribution < -0.4 is 5.73 Å². The second-order valence-corrected chi connectivity index (χ2v) is 6.74. The second-order valence-electron chi connectivity index (χ2n) is 3.94. The van der Waals surface area contributed by atoms with Crippen LogP contribution in [0.25, 0.3) is 0 Å². The molecule has 96 valence electrons. The summed E-state index contributed by atoms with van der Waals surface area (Å²) >= 11 is 1.09. The molecule has 17 heavy (non-hydrogen) atoms. The lowest BCUT2D eigenvalue weighted by atomic mass is 10.0. The van der Waals surface area contributed by atoms with E-state index in [4.69, 9.17) is 5.73 Å². The molecule has 0 amide bonds. The van der Waals surface area contributed by atoms with Crippen LogP contribution >= 0.6 is 11.8 Å². The van der Waals surface area contributed by atoms with Crippen molar-refractivity contribution in [3.63, 3.8) is 0 Å². The summed E-state index contributed by atoms with van der Waals surface area (Å²) in [7, 11) is -3.43. The lowest BCUT2D eigenvalue weighted by Gasteiger charge is -2.13. The number of sulfone groups is 1. The van der Waals surface area contributed by atoms with Gasteiger partial charge in [0, 0.05) is 6.26 Å². The van der Waals surface area contributed by atoms with Crippen molar-refractivity contribution in [1.29, 1.82) is 0 Å². The first-order chi connectivity index (χ1) is 7.81. The van der Waals surface area contributed by atoms with Gasteiger partial charge in [0.15, 0.2) is 9.84 Å². The maximum absolute atomic E-state index is 13.8. The lowest BCUT2D eigenvalue weighted by molar-refractivity contribution is 0.573. The molecule has 0 heterocycles. The predicted molar refractivity (Wildman–Crippen MR) is 68.8 cm³/mol. The van der Waals surface area contributed by atoms with Crippen LogP contribution in [-0.2, 0) is 9.84 Å². The van der Waals surface area contributed by atoms with Gasteiger partial charge in [0.25, 0.3) is 0 Å². The molecular formula is C11H16FNO2S2. The van der Waals surface area contributed by atoms with Crippen LogP contribution in [0, 0.1) is 5.82 Å². The van der Waals surface area contributed by atoms with Crippen molar-refractivity contribution in [3.05, 3.63) is 23.5 Å². The third kappa shape index (κ3) is 3.20. The fourth-order valence-corrected chi connectivity index (χ4v) is 3.48. The number of benzene rings is 1. The summed E-state index contributed by atoms with van der Waals surface area (Å²) in [6, 6.07) is 2.87. The summed E-state index contributed by atoms with van der Waals surface area (Å²) < 4.78 is 37.0. The monoisotopic (exact) mass is 277 g/mol. The van der Waals surface area contributed by atoms with Crippen molar-refractivity contribution in [2.45, 2.75) is 22.6 Å². The Morgan fingerprint density at radius 2 is 2.06 bits per heavy atom. The van der Waals surface area contributed by atoms with Gasteiger partial charge in [-0.3, -0.25) is 0 Å². The minimum absolute atomic E-state index is 0.0419. The zero-order valence-corrected chi connectivity index (χ0v) is 11.7. The Bertz CT molecular complexity index is 514. The number of hydrogen-bond donors (Lipinski definition) is 1. The summed E-state index contributed by atoms with van der Waals surface area (Å²) in [5.41, 5.74) is 6.12. The molecule has 0 saturated carbocycles. The average molecular weight is 277 g/mol. The van der Waals surface area contributed by atoms with Gasteiger partial charge in [0.05, 0.1) is 9.79 Å². The topological polar surface area (TPSA) is 60.2 Å². The van der Waals surface area contributed by atoms with Gasteiger partial charge in [-0.1, -0.05) is 6.92 Å². The van der Waals surface area contributed by atoms with Gasteiger partial charge < -0.3 is 5.73 Å². The molecule has 0 aliphatic rings. The van der Waals surface area contributed by atoms with Crippen molar-refractivity contribution in [2.75, 3.05) is 19.1 Å². The molecule has 3 nitrogen and oxygen atoms in total. The highest BCUT2D eigenvalue weighted by molar-refractivity contribution is 7.99. The van der Waals surface area contributed by atoms with Crippen LogP contribution in [0.5, 0.6) is 0 Å². The largest absolute Gasteiger partial charge is 0.330 e. The smallest absolute Gasteiger partial charge is 0.176 e. The third-order valence-electron chi connectivity index (χ3n) is 2.56. The van der Waals surface area contributed by atoms with Crippen molar-refractivity contribution in [3.8, 4) is 0 Å². The lowest BCUT2D eigenvalue weighted by Crippen LogP contribution is -2.11. The van der Waals surface area contributed by atoms with E-state index in [9.17, 15) is 12.8 Å². The van der Waals surface area contributed by atoms with Crippen LogP contribution in [0.4, 0.5) is 4.39 Å². The molecule has 6 heteroatoms. The van der Waals surface area contributed by atoms with Gasteiger partial charge >= 0.3 is 0 Å². The molecule has 0 radical (unpaired) electrons. The Kier molecular flexibility index (Phi) is 4.57. The van der Waals surface area contributed by atoms with Crippen molar-refractivity contribution in [2.24, 2.45) is 5.73 Å². The molecule has 0 fully saturated rings. The highest BCUT2D eigenvalue weighted by Gasteiger charge is 2.19. The molecular weight excluding hydrogens is 261 g/mol. The summed E-state index contributed by atoms with van der Waals surface area (Å²) in [6.45, 7) is 2.18. The maximum Gasteiger partial charge on any atom is 0.176 e. The zero-order valence-electron chi connectivity index (χ0n) is 10.0. The highest BCUT2D eigenvalue weighted by Crippen LogP contribution is 2.31. The minimum Gasteiger partial charge on any atom is -0.330 e. The third-order valence-corrected chi connectivity index (χ3v) is 4.63. The standard InChI is InChI=1S/C11H16FNO2S2/c1-7(6-13)8-4-9(12)11(16-2)10(5-8)17(3,14)15/h4-5,7H,6,13H2,1-3H3. The zero-order chi connectivity index (χ0) is 13.2. The number of hydrogen-bond acceptors (Lipinski definition) is 4. The van der Waals surface area contributed by atoms with Crippen LogP contribution in [0.1, 0.15) is 18.4 Å². The van der Waals surface area contributed by atoms with Crippen LogP contribution in [0.2, 0.25) is 0 Å². The number of rotatable bonds is 4. The van der Waals surface area contributed by atoms with Gasteiger partial charge in [-0.25, -0.2) is 12.8 Å². The molecule has 0 aliphatic carbocycles. The highest BCUT2D eigenvalue weighted by atomic mass is 32.2. The first-order valence-electron chi connectivity index (χ1n) is 5.08. The van der Waals surface area contributed by atoms with E-state index in [1.54, 1.807) is 6.26 Å². The van der Waals surface area contributed by atoms with E-state index in [-0.39, 0.29) is 15.7 Å². The van der Waals surface area contributed by atoms with Crippen molar-refractivity contribution < 1.29 is 12.8 Å². The second kappa shape index (κ2) is 5.37. The average Bonchev–Trinajstić information content (AvgIpc) is 2.25. The van der Waals surface area contributed by atoms with Crippen LogP contribution in [0.15, 0.2) is 21.9 Å². The maximum atomic E-state index is 13.8. The van der Waals surface area contributed by atoms with Crippen molar-refractivity contribution >= 4 is 21.6 Å². The Hall–Kier alpha value is -0.590. The number of halogens is 1. The molecule has 1 aromatic rings. The number of nitrogens with two attached hydrogens (primary N) is 1. The molecule has 0 saturated heterocycles. The molecule has 0 aromatic heterocycles. The van der Waals surface area contributed by atoms with Gasteiger partial charge in [0.2, 0.25) is 0 Å². The van der Waals surface area contributed by atoms with E-state index in [1.165, 1.54) is 12.1 Å². The first-order valence-corrected chi connectivity index (χ1v) is 8.20.